The average Bonchev–Trinajstić information content (AvgIpc) is 2.40. The van der Waals surface area contributed by atoms with Gasteiger partial charge in [0.2, 0.25) is 5.88 Å². The van der Waals surface area contributed by atoms with Gasteiger partial charge in [0.1, 0.15) is 23.6 Å². The second-order valence-electron chi connectivity index (χ2n) is 3.27. The summed E-state index contributed by atoms with van der Waals surface area (Å²) in [5.74, 6) is 2.69. The molecular formula is C12H13N3O2. The summed E-state index contributed by atoms with van der Waals surface area (Å²) < 4.78 is 10.6. The molecule has 0 bridgehead atoms. The Balaban J connectivity index is 2.13. The van der Waals surface area contributed by atoms with Crippen LogP contribution in [0.5, 0.6) is 17.4 Å². The molecule has 1 aromatic heterocycles. The molecule has 2 aromatic rings. The predicted octanol–water partition coefficient (Wildman–Crippen LogP) is 2.32. The molecule has 1 aromatic carbocycles. The van der Waals surface area contributed by atoms with Gasteiger partial charge >= 0.3 is 0 Å². The van der Waals surface area contributed by atoms with Gasteiger partial charge in [0, 0.05) is 13.1 Å². The van der Waals surface area contributed by atoms with Crippen LogP contribution in [0.1, 0.15) is 0 Å². The fraction of sp³-hybridized carbons (Fsp3) is 0.167. The zero-order valence-corrected chi connectivity index (χ0v) is 9.68. The number of ether oxygens (including phenoxy) is 2. The Hall–Kier alpha value is -2.30. The van der Waals surface area contributed by atoms with Crippen LogP contribution >= 0.6 is 0 Å². The van der Waals surface area contributed by atoms with E-state index in [9.17, 15) is 0 Å². The minimum Gasteiger partial charge on any atom is -0.497 e. The van der Waals surface area contributed by atoms with Gasteiger partial charge in [-0.1, -0.05) is 0 Å². The zero-order chi connectivity index (χ0) is 12.1. The molecule has 0 radical (unpaired) electrons. The zero-order valence-electron chi connectivity index (χ0n) is 9.68. The third-order valence-electron chi connectivity index (χ3n) is 2.18. The van der Waals surface area contributed by atoms with E-state index in [1.54, 1.807) is 20.2 Å². The molecule has 5 heteroatoms. The first-order chi connectivity index (χ1) is 8.31. The highest BCUT2D eigenvalue weighted by Gasteiger charge is 2.00. The number of methoxy groups -OCH3 is 1. The quantitative estimate of drug-likeness (QED) is 0.875. The molecule has 0 aliphatic carbocycles. The van der Waals surface area contributed by atoms with Crippen LogP contribution in [0.2, 0.25) is 0 Å². The molecule has 1 heterocycles. The first-order valence-electron chi connectivity index (χ1n) is 5.13. The van der Waals surface area contributed by atoms with Crippen molar-refractivity contribution >= 4 is 5.82 Å². The lowest BCUT2D eigenvalue weighted by Gasteiger charge is -2.06. The molecular weight excluding hydrogens is 218 g/mol. The van der Waals surface area contributed by atoms with E-state index in [0.717, 1.165) is 5.75 Å². The smallest absolute Gasteiger partial charge is 0.224 e. The van der Waals surface area contributed by atoms with Gasteiger partial charge in [-0.05, 0) is 24.3 Å². The van der Waals surface area contributed by atoms with Crippen molar-refractivity contribution in [3.05, 3.63) is 36.7 Å². The molecule has 2 rings (SSSR count). The second-order valence-corrected chi connectivity index (χ2v) is 3.27. The standard InChI is InChI=1S/C12H13N3O2/c1-13-11-7-12(15-8-14-11)17-10-5-3-9(16-2)4-6-10/h3-8H,1-2H3,(H,13,14,15). The predicted molar refractivity (Wildman–Crippen MR) is 64.6 cm³/mol. The fourth-order valence-corrected chi connectivity index (χ4v) is 1.30. The number of hydrogen-bond donors (Lipinski definition) is 1. The summed E-state index contributed by atoms with van der Waals surface area (Å²) in [6.07, 6.45) is 1.45. The van der Waals surface area contributed by atoms with Gasteiger partial charge in [-0.25, -0.2) is 9.97 Å². The lowest BCUT2D eigenvalue weighted by Crippen LogP contribution is -1.95. The Morgan fingerprint density at radius 3 is 2.41 bits per heavy atom. The van der Waals surface area contributed by atoms with Gasteiger partial charge in [-0.3, -0.25) is 0 Å². The van der Waals surface area contributed by atoms with E-state index in [-0.39, 0.29) is 0 Å². The first-order valence-corrected chi connectivity index (χ1v) is 5.13. The molecule has 0 spiro atoms. The van der Waals surface area contributed by atoms with Crippen molar-refractivity contribution in [2.24, 2.45) is 0 Å². The minimum absolute atomic E-state index is 0.495. The third kappa shape index (κ3) is 2.84. The van der Waals surface area contributed by atoms with Gasteiger partial charge < -0.3 is 14.8 Å². The largest absolute Gasteiger partial charge is 0.497 e. The van der Waals surface area contributed by atoms with Crippen LogP contribution in [0.3, 0.4) is 0 Å². The summed E-state index contributed by atoms with van der Waals surface area (Å²) in [4.78, 5) is 8.03. The van der Waals surface area contributed by atoms with Gasteiger partial charge in [0.25, 0.3) is 0 Å². The molecule has 17 heavy (non-hydrogen) atoms. The van der Waals surface area contributed by atoms with Gasteiger partial charge in [0.05, 0.1) is 7.11 Å². The number of anilines is 1. The number of nitrogens with one attached hydrogen (secondary N) is 1. The molecule has 1 N–H and O–H groups in total. The van der Waals surface area contributed by atoms with Crippen LogP contribution in [0, 0.1) is 0 Å². The van der Waals surface area contributed by atoms with Crippen LogP contribution < -0.4 is 14.8 Å². The lowest BCUT2D eigenvalue weighted by atomic mass is 10.3. The highest BCUT2D eigenvalue weighted by molar-refractivity contribution is 5.39. The average molecular weight is 231 g/mol. The minimum atomic E-state index is 0.495. The van der Waals surface area contributed by atoms with Gasteiger partial charge in [-0.2, -0.15) is 0 Å². The van der Waals surface area contributed by atoms with Crippen LogP contribution in [-0.2, 0) is 0 Å². The maximum absolute atomic E-state index is 5.57. The molecule has 0 fully saturated rings. The van der Waals surface area contributed by atoms with Crippen molar-refractivity contribution in [2.45, 2.75) is 0 Å². The normalized spacial score (nSPS) is 9.76. The third-order valence-corrected chi connectivity index (χ3v) is 2.18. The fourth-order valence-electron chi connectivity index (χ4n) is 1.30. The number of nitrogens with zero attached hydrogens (tertiary/aromatic N) is 2. The van der Waals surface area contributed by atoms with Crippen molar-refractivity contribution in [2.75, 3.05) is 19.5 Å². The van der Waals surface area contributed by atoms with Crippen molar-refractivity contribution in [1.29, 1.82) is 0 Å². The molecule has 5 nitrogen and oxygen atoms in total. The van der Waals surface area contributed by atoms with Crippen LogP contribution in [0.4, 0.5) is 5.82 Å². The Morgan fingerprint density at radius 2 is 1.76 bits per heavy atom. The molecule has 0 amide bonds. The van der Waals surface area contributed by atoms with Crippen molar-refractivity contribution in [1.82, 2.24) is 9.97 Å². The van der Waals surface area contributed by atoms with Crippen LogP contribution in [-0.4, -0.2) is 24.1 Å². The van der Waals surface area contributed by atoms with Gasteiger partial charge in [0.15, 0.2) is 0 Å². The van der Waals surface area contributed by atoms with E-state index in [4.69, 9.17) is 9.47 Å². The first kappa shape index (κ1) is 11.2. The summed E-state index contributed by atoms with van der Waals surface area (Å²) in [7, 11) is 3.42. The number of aromatic nitrogens is 2. The summed E-state index contributed by atoms with van der Waals surface area (Å²) in [6.45, 7) is 0. The topological polar surface area (TPSA) is 56.3 Å². The monoisotopic (exact) mass is 231 g/mol. The summed E-state index contributed by atoms with van der Waals surface area (Å²) in [5, 5.41) is 2.92. The van der Waals surface area contributed by atoms with Crippen LogP contribution in [0.25, 0.3) is 0 Å². The van der Waals surface area contributed by atoms with E-state index in [1.807, 2.05) is 24.3 Å². The maximum Gasteiger partial charge on any atom is 0.224 e. The molecule has 0 saturated carbocycles. The van der Waals surface area contributed by atoms with Crippen molar-refractivity contribution < 1.29 is 9.47 Å². The van der Waals surface area contributed by atoms with E-state index in [0.29, 0.717) is 17.4 Å². The van der Waals surface area contributed by atoms with Crippen LogP contribution in [0.15, 0.2) is 36.7 Å². The summed E-state index contributed by atoms with van der Waals surface area (Å²) in [6, 6.07) is 9.02. The van der Waals surface area contributed by atoms with E-state index in [1.165, 1.54) is 6.33 Å². The Labute approximate surface area is 99.4 Å². The molecule has 88 valence electrons. The van der Waals surface area contributed by atoms with E-state index in [2.05, 4.69) is 15.3 Å². The summed E-state index contributed by atoms with van der Waals surface area (Å²) in [5.41, 5.74) is 0. The lowest BCUT2D eigenvalue weighted by molar-refractivity contribution is 0.412. The molecule has 0 aliphatic rings. The molecule has 0 saturated heterocycles. The number of hydrogen-bond acceptors (Lipinski definition) is 5. The number of rotatable bonds is 4. The van der Waals surface area contributed by atoms with Crippen molar-refractivity contribution in [3.8, 4) is 17.4 Å². The molecule has 0 atom stereocenters. The highest BCUT2D eigenvalue weighted by Crippen LogP contribution is 2.22. The highest BCUT2D eigenvalue weighted by atomic mass is 16.5. The SMILES string of the molecule is CNc1cc(Oc2ccc(OC)cc2)ncn1. The molecule has 0 unspecified atom stereocenters. The summed E-state index contributed by atoms with van der Waals surface area (Å²) >= 11 is 0. The number of benzene rings is 1. The Kier molecular flexibility index (Phi) is 3.40. The maximum atomic E-state index is 5.57. The van der Waals surface area contributed by atoms with E-state index >= 15 is 0 Å². The van der Waals surface area contributed by atoms with Crippen molar-refractivity contribution in [3.63, 3.8) is 0 Å². The van der Waals surface area contributed by atoms with E-state index < -0.39 is 0 Å². The van der Waals surface area contributed by atoms with Gasteiger partial charge in [-0.15, -0.1) is 0 Å². The Morgan fingerprint density at radius 1 is 1.06 bits per heavy atom. The second kappa shape index (κ2) is 5.16. The molecule has 0 aliphatic heterocycles. The Bertz CT molecular complexity index is 485.